The van der Waals surface area contributed by atoms with Crippen molar-refractivity contribution in [3.05, 3.63) is 48.0 Å². The van der Waals surface area contributed by atoms with Crippen molar-refractivity contribution < 1.29 is 28.5 Å². The molecular weight excluding hydrogens is 388 g/mol. The van der Waals surface area contributed by atoms with Gasteiger partial charge in [0.05, 0.1) is 27.4 Å². The zero-order chi connectivity index (χ0) is 21.5. The molecule has 1 heterocycles. The summed E-state index contributed by atoms with van der Waals surface area (Å²) in [6.07, 6.45) is -1.01. The maximum absolute atomic E-state index is 12.6. The smallest absolute Gasteiger partial charge is 0.346 e. The van der Waals surface area contributed by atoms with Crippen molar-refractivity contribution in [3.8, 4) is 11.5 Å². The standard InChI is InChI=1S/C22H26N2O6/c1-15(30-22(26)20-18(27-2)5-4-6-19(20)28-3)21(25)23-16-7-9-17(10-8-16)24-11-13-29-14-12-24/h4-10,15H,11-14H2,1-3H3,(H,23,25). The Labute approximate surface area is 175 Å². The molecule has 1 amide bonds. The Bertz CT molecular complexity index is 855. The first-order chi connectivity index (χ1) is 14.5. The number of hydrogen-bond acceptors (Lipinski definition) is 7. The van der Waals surface area contributed by atoms with Gasteiger partial charge < -0.3 is 29.2 Å². The Hall–Kier alpha value is -3.26. The molecule has 8 nitrogen and oxygen atoms in total. The van der Waals surface area contributed by atoms with Gasteiger partial charge in [-0.15, -0.1) is 0 Å². The molecule has 0 bridgehead atoms. The van der Waals surface area contributed by atoms with Gasteiger partial charge in [-0.1, -0.05) is 6.07 Å². The molecule has 2 aromatic carbocycles. The number of morpholine rings is 1. The summed E-state index contributed by atoms with van der Waals surface area (Å²) in [4.78, 5) is 27.3. The highest BCUT2D eigenvalue weighted by atomic mass is 16.6. The fourth-order valence-electron chi connectivity index (χ4n) is 3.15. The molecule has 0 saturated carbocycles. The summed E-state index contributed by atoms with van der Waals surface area (Å²) in [7, 11) is 2.89. The molecule has 1 aliphatic heterocycles. The maximum Gasteiger partial charge on any atom is 0.346 e. The summed E-state index contributed by atoms with van der Waals surface area (Å²) < 4.78 is 21.1. The topological polar surface area (TPSA) is 86.3 Å². The second-order valence-corrected chi connectivity index (χ2v) is 6.72. The number of anilines is 2. The van der Waals surface area contributed by atoms with Gasteiger partial charge in [-0.2, -0.15) is 0 Å². The molecule has 1 saturated heterocycles. The molecule has 1 unspecified atom stereocenters. The predicted octanol–water partition coefficient (Wildman–Crippen LogP) is 2.72. The molecule has 0 spiro atoms. The summed E-state index contributed by atoms with van der Waals surface area (Å²) >= 11 is 0. The monoisotopic (exact) mass is 414 g/mol. The molecule has 0 radical (unpaired) electrons. The van der Waals surface area contributed by atoms with Crippen LogP contribution in [0.1, 0.15) is 17.3 Å². The summed E-state index contributed by atoms with van der Waals surface area (Å²) in [6, 6.07) is 12.5. The first-order valence-electron chi connectivity index (χ1n) is 9.69. The first kappa shape index (κ1) is 21.4. The lowest BCUT2D eigenvalue weighted by atomic mass is 10.1. The number of rotatable bonds is 7. The minimum absolute atomic E-state index is 0.136. The molecule has 1 aliphatic rings. The summed E-state index contributed by atoms with van der Waals surface area (Å²) in [5, 5.41) is 2.76. The second-order valence-electron chi connectivity index (χ2n) is 6.72. The summed E-state index contributed by atoms with van der Waals surface area (Å²) in [5.74, 6) is -0.512. The number of benzene rings is 2. The van der Waals surface area contributed by atoms with E-state index in [-0.39, 0.29) is 5.56 Å². The van der Waals surface area contributed by atoms with Crippen LogP contribution in [0, 0.1) is 0 Å². The molecule has 3 rings (SSSR count). The van der Waals surface area contributed by atoms with Gasteiger partial charge in [-0.05, 0) is 43.3 Å². The van der Waals surface area contributed by atoms with Gasteiger partial charge in [-0.25, -0.2) is 4.79 Å². The molecule has 1 fully saturated rings. The lowest BCUT2D eigenvalue weighted by Crippen LogP contribution is -2.36. The van der Waals surface area contributed by atoms with Crippen molar-refractivity contribution >= 4 is 23.3 Å². The number of nitrogens with zero attached hydrogens (tertiary/aromatic N) is 1. The lowest BCUT2D eigenvalue weighted by molar-refractivity contribution is -0.123. The van der Waals surface area contributed by atoms with Gasteiger partial charge in [0.1, 0.15) is 17.1 Å². The van der Waals surface area contributed by atoms with E-state index in [2.05, 4.69) is 10.2 Å². The van der Waals surface area contributed by atoms with E-state index in [1.54, 1.807) is 18.2 Å². The van der Waals surface area contributed by atoms with Crippen molar-refractivity contribution in [3.63, 3.8) is 0 Å². The average molecular weight is 414 g/mol. The van der Waals surface area contributed by atoms with Crippen LogP contribution in [0.5, 0.6) is 11.5 Å². The number of carbonyl (C=O) groups excluding carboxylic acids is 2. The van der Waals surface area contributed by atoms with Crippen LogP contribution in [0.15, 0.2) is 42.5 Å². The van der Waals surface area contributed by atoms with Crippen LogP contribution in [-0.2, 0) is 14.3 Å². The van der Waals surface area contributed by atoms with E-state index in [9.17, 15) is 9.59 Å². The van der Waals surface area contributed by atoms with Crippen molar-refractivity contribution in [1.82, 2.24) is 0 Å². The maximum atomic E-state index is 12.6. The number of hydrogen-bond donors (Lipinski definition) is 1. The van der Waals surface area contributed by atoms with E-state index in [1.807, 2.05) is 24.3 Å². The van der Waals surface area contributed by atoms with Gasteiger partial charge in [0.15, 0.2) is 6.10 Å². The van der Waals surface area contributed by atoms with E-state index in [1.165, 1.54) is 21.1 Å². The highest BCUT2D eigenvalue weighted by Gasteiger charge is 2.24. The van der Waals surface area contributed by atoms with Crippen molar-refractivity contribution in [2.24, 2.45) is 0 Å². The largest absolute Gasteiger partial charge is 0.496 e. The minimum Gasteiger partial charge on any atom is -0.496 e. The van der Waals surface area contributed by atoms with Gasteiger partial charge in [-0.3, -0.25) is 4.79 Å². The minimum atomic E-state index is -1.01. The molecule has 1 N–H and O–H groups in total. The molecule has 2 aromatic rings. The van der Waals surface area contributed by atoms with E-state index >= 15 is 0 Å². The molecular formula is C22H26N2O6. The zero-order valence-electron chi connectivity index (χ0n) is 17.3. The SMILES string of the molecule is COc1cccc(OC)c1C(=O)OC(C)C(=O)Nc1ccc(N2CCOCC2)cc1. The van der Waals surface area contributed by atoms with E-state index in [0.717, 1.165) is 18.8 Å². The number of methoxy groups -OCH3 is 2. The molecule has 0 aromatic heterocycles. The van der Waals surface area contributed by atoms with E-state index < -0.39 is 18.0 Å². The van der Waals surface area contributed by atoms with Crippen LogP contribution in [-0.4, -0.2) is 58.5 Å². The Balaban J connectivity index is 1.61. The van der Waals surface area contributed by atoms with Crippen LogP contribution in [0.25, 0.3) is 0 Å². The van der Waals surface area contributed by atoms with Crippen molar-refractivity contribution in [1.29, 1.82) is 0 Å². The second kappa shape index (κ2) is 9.98. The Morgan fingerprint density at radius 3 is 2.17 bits per heavy atom. The Kier molecular flexibility index (Phi) is 7.13. The fraction of sp³-hybridized carbons (Fsp3) is 0.364. The molecule has 0 aliphatic carbocycles. The van der Waals surface area contributed by atoms with Crippen LogP contribution < -0.4 is 19.7 Å². The Morgan fingerprint density at radius 2 is 1.60 bits per heavy atom. The number of esters is 1. The number of ether oxygens (including phenoxy) is 4. The lowest BCUT2D eigenvalue weighted by Gasteiger charge is -2.28. The van der Waals surface area contributed by atoms with E-state index in [4.69, 9.17) is 18.9 Å². The number of nitrogens with one attached hydrogen (secondary N) is 1. The fourth-order valence-corrected chi connectivity index (χ4v) is 3.15. The van der Waals surface area contributed by atoms with Crippen LogP contribution in [0.3, 0.4) is 0 Å². The highest BCUT2D eigenvalue weighted by molar-refractivity contribution is 5.99. The first-order valence-corrected chi connectivity index (χ1v) is 9.69. The third kappa shape index (κ3) is 5.01. The Morgan fingerprint density at radius 1 is 1.00 bits per heavy atom. The quantitative estimate of drug-likeness (QED) is 0.697. The van der Waals surface area contributed by atoms with Crippen LogP contribution in [0.2, 0.25) is 0 Å². The van der Waals surface area contributed by atoms with Gasteiger partial charge in [0, 0.05) is 24.5 Å². The number of amides is 1. The average Bonchev–Trinajstić information content (AvgIpc) is 2.79. The third-order valence-electron chi connectivity index (χ3n) is 4.80. The zero-order valence-corrected chi connectivity index (χ0v) is 17.3. The van der Waals surface area contributed by atoms with Crippen molar-refractivity contribution in [2.45, 2.75) is 13.0 Å². The summed E-state index contributed by atoms with van der Waals surface area (Å²) in [6.45, 7) is 4.60. The van der Waals surface area contributed by atoms with Crippen LogP contribution >= 0.6 is 0 Å². The molecule has 30 heavy (non-hydrogen) atoms. The normalized spacial score (nSPS) is 14.6. The third-order valence-corrected chi connectivity index (χ3v) is 4.80. The van der Waals surface area contributed by atoms with Gasteiger partial charge in [0.2, 0.25) is 0 Å². The molecule has 1 atom stereocenters. The van der Waals surface area contributed by atoms with Gasteiger partial charge >= 0.3 is 5.97 Å². The van der Waals surface area contributed by atoms with Crippen molar-refractivity contribution in [2.75, 3.05) is 50.7 Å². The predicted molar refractivity (Wildman–Crippen MR) is 113 cm³/mol. The molecule has 8 heteroatoms. The number of carbonyl (C=O) groups is 2. The highest BCUT2D eigenvalue weighted by Crippen LogP contribution is 2.29. The summed E-state index contributed by atoms with van der Waals surface area (Å²) in [5.41, 5.74) is 1.82. The molecule has 160 valence electrons. The van der Waals surface area contributed by atoms with Crippen LogP contribution in [0.4, 0.5) is 11.4 Å². The van der Waals surface area contributed by atoms with Gasteiger partial charge in [0.25, 0.3) is 5.91 Å². The van der Waals surface area contributed by atoms with E-state index in [0.29, 0.717) is 30.4 Å².